The van der Waals surface area contributed by atoms with Crippen LogP contribution in [-0.2, 0) is 6.54 Å². The first-order chi connectivity index (χ1) is 10.8. The molecule has 0 unspecified atom stereocenters. The highest BCUT2D eigenvalue weighted by Crippen LogP contribution is 2.25. The van der Waals surface area contributed by atoms with Crippen molar-refractivity contribution in [3.05, 3.63) is 66.6 Å². The lowest BCUT2D eigenvalue weighted by molar-refractivity contribution is -0.677. The first-order valence-electron chi connectivity index (χ1n) is 7.77. The van der Waals surface area contributed by atoms with E-state index >= 15 is 0 Å². The Bertz CT molecular complexity index is 701. The van der Waals surface area contributed by atoms with E-state index in [1.165, 1.54) is 10.8 Å². The zero-order valence-electron chi connectivity index (χ0n) is 12.9. The van der Waals surface area contributed by atoms with E-state index in [0.29, 0.717) is 5.92 Å². The molecule has 0 amide bonds. The predicted molar refractivity (Wildman–Crippen MR) is 87.8 cm³/mol. The molecule has 22 heavy (non-hydrogen) atoms. The second kappa shape index (κ2) is 7.14. The third-order valence-electron chi connectivity index (χ3n) is 3.77. The van der Waals surface area contributed by atoms with Gasteiger partial charge in [-0.25, -0.2) is 0 Å². The Morgan fingerprint density at radius 1 is 1.05 bits per heavy atom. The van der Waals surface area contributed by atoms with E-state index in [1.807, 2.05) is 24.3 Å². The van der Waals surface area contributed by atoms with Gasteiger partial charge in [-0.2, -0.15) is 0 Å². The lowest BCUT2D eigenvalue weighted by Gasteiger charge is -2.13. The van der Waals surface area contributed by atoms with Crippen LogP contribution in [0.3, 0.4) is 0 Å². The van der Waals surface area contributed by atoms with Gasteiger partial charge >= 0.3 is 0 Å². The van der Waals surface area contributed by atoms with Gasteiger partial charge < -0.3 is 14.5 Å². The average Bonchev–Trinajstić information content (AvgIpc) is 3.06. The Morgan fingerprint density at radius 3 is 2.77 bits per heavy atom. The van der Waals surface area contributed by atoms with Crippen LogP contribution in [0.2, 0.25) is 0 Å². The zero-order chi connectivity index (χ0) is 15.2. The molecule has 1 aromatic heterocycles. The second-order valence-electron chi connectivity index (χ2n) is 5.70. The molecule has 0 bridgehead atoms. The maximum Gasteiger partial charge on any atom is 0.157 e. The molecule has 2 aromatic carbocycles. The second-order valence-corrected chi connectivity index (χ2v) is 5.70. The molecule has 1 heterocycles. The Hall–Kier alpha value is -2.26. The minimum Gasteiger partial charge on any atom is -0.492 e. The van der Waals surface area contributed by atoms with Crippen molar-refractivity contribution < 1.29 is 14.5 Å². The number of fused-ring (bicyclic) bond motifs is 1. The molecule has 3 heteroatoms. The van der Waals surface area contributed by atoms with E-state index in [9.17, 15) is 0 Å². The van der Waals surface area contributed by atoms with Crippen molar-refractivity contribution in [1.82, 2.24) is 0 Å². The summed E-state index contributed by atoms with van der Waals surface area (Å²) < 4.78 is 11.4. The van der Waals surface area contributed by atoms with Crippen molar-refractivity contribution in [3.8, 4) is 5.75 Å². The van der Waals surface area contributed by atoms with Gasteiger partial charge in [0.25, 0.3) is 0 Å². The van der Waals surface area contributed by atoms with Crippen LogP contribution in [0.4, 0.5) is 0 Å². The minimum absolute atomic E-state index is 0.480. The highest BCUT2D eigenvalue weighted by Gasteiger charge is 2.08. The van der Waals surface area contributed by atoms with E-state index in [-0.39, 0.29) is 0 Å². The average molecular weight is 296 g/mol. The molecule has 114 valence electrons. The molecule has 0 aliphatic rings. The molecule has 0 saturated carbocycles. The van der Waals surface area contributed by atoms with Crippen molar-refractivity contribution in [1.29, 1.82) is 0 Å². The summed E-state index contributed by atoms with van der Waals surface area (Å²) in [6, 6.07) is 18.5. The zero-order valence-corrected chi connectivity index (χ0v) is 12.9. The van der Waals surface area contributed by atoms with Crippen molar-refractivity contribution in [2.24, 2.45) is 5.92 Å². The van der Waals surface area contributed by atoms with Crippen LogP contribution in [0, 0.1) is 5.92 Å². The molecule has 1 atom stereocenters. The van der Waals surface area contributed by atoms with Gasteiger partial charge in [-0.05, 0) is 23.6 Å². The summed E-state index contributed by atoms with van der Waals surface area (Å²) in [6.45, 7) is 4.84. The number of nitrogens with two attached hydrogens (primary N) is 1. The summed E-state index contributed by atoms with van der Waals surface area (Å²) in [4.78, 5) is 0. The van der Waals surface area contributed by atoms with Crippen LogP contribution in [0.15, 0.2) is 65.3 Å². The number of rotatable bonds is 7. The van der Waals surface area contributed by atoms with Crippen molar-refractivity contribution in [3.63, 3.8) is 0 Å². The summed E-state index contributed by atoms with van der Waals surface area (Å²) in [5.41, 5.74) is 0. The Balaban J connectivity index is 1.50. The number of hydrogen-bond donors (Lipinski definition) is 1. The lowest BCUT2D eigenvalue weighted by atomic mass is 10.1. The van der Waals surface area contributed by atoms with Gasteiger partial charge in [0.1, 0.15) is 12.3 Å². The summed E-state index contributed by atoms with van der Waals surface area (Å²) in [5, 5.41) is 4.66. The fraction of sp³-hybridized carbons (Fsp3) is 0.263. The molecule has 0 spiro atoms. The maximum atomic E-state index is 6.03. The molecule has 3 nitrogen and oxygen atoms in total. The van der Waals surface area contributed by atoms with Crippen LogP contribution < -0.4 is 10.1 Å². The number of benzene rings is 2. The molecular weight excluding hydrogens is 274 g/mol. The van der Waals surface area contributed by atoms with Crippen LogP contribution >= 0.6 is 0 Å². The standard InChI is InChI=1S/C19H21NO2/c1-15(12-20-13-17-8-5-11-21-17)14-22-19-10-4-7-16-6-2-3-9-18(16)19/h2-11,15,20H,12-14H2,1H3/p+1/t15-/m1/s1. The van der Waals surface area contributed by atoms with Crippen LogP contribution in [0.5, 0.6) is 5.75 Å². The van der Waals surface area contributed by atoms with E-state index in [4.69, 9.17) is 9.15 Å². The van der Waals surface area contributed by atoms with Crippen LogP contribution in [-0.4, -0.2) is 13.2 Å². The molecule has 0 saturated heterocycles. The summed E-state index contributed by atoms with van der Waals surface area (Å²) in [7, 11) is 0. The van der Waals surface area contributed by atoms with Gasteiger partial charge in [-0.15, -0.1) is 0 Å². The first kappa shape index (κ1) is 14.7. The normalized spacial score (nSPS) is 12.4. The summed E-state index contributed by atoms with van der Waals surface area (Å²) in [5.74, 6) is 2.46. The topological polar surface area (TPSA) is 39.0 Å². The fourth-order valence-corrected chi connectivity index (χ4v) is 2.56. The highest BCUT2D eigenvalue weighted by molar-refractivity contribution is 5.88. The summed E-state index contributed by atoms with van der Waals surface area (Å²) >= 11 is 0. The van der Waals surface area contributed by atoms with E-state index in [0.717, 1.165) is 31.2 Å². The molecule has 0 radical (unpaired) electrons. The summed E-state index contributed by atoms with van der Waals surface area (Å²) in [6.07, 6.45) is 1.72. The quantitative estimate of drug-likeness (QED) is 0.727. The fourth-order valence-electron chi connectivity index (χ4n) is 2.56. The largest absolute Gasteiger partial charge is 0.492 e. The molecular formula is C19H22NO2+. The van der Waals surface area contributed by atoms with Crippen LogP contribution in [0.25, 0.3) is 10.8 Å². The highest BCUT2D eigenvalue weighted by atomic mass is 16.5. The van der Waals surface area contributed by atoms with E-state index in [1.54, 1.807) is 6.26 Å². The van der Waals surface area contributed by atoms with Crippen molar-refractivity contribution in [2.75, 3.05) is 13.2 Å². The number of ether oxygens (including phenoxy) is 1. The minimum atomic E-state index is 0.480. The van der Waals surface area contributed by atoms with Gasteiger partial charge in [0.2, 0.25) is 0 Å². The SMILES string of the molecule is C[C@H](C[NH2+]Cc1ccco1)COc1cccc2ccccc12. The van der Waals surface area contributed by atoms with Gasteiger partial charge in [0.05, 0.1) is 19.4 Å². The monoisotopic (exact) mass is 296 g/mol. The molecule has 3 rings (SSSR count). The van der Waals surface area contributed by atoms with Crippen molar-refractivity contribution >= 4 is 10.8 Å². The molecule has 3 aromatic rings. The predicted octanol–water partition coefficient (Wildman–Crippen LogP) is 3.21. The number of furan rings is 1. The van der Waals surface area contributed by atoms with Gasteiger partial charge in [0.15, 0.2) is 5.76 Å². The Morgan fingerprint density at radius 2 is 1.91 bits per heavy atom. The number of quaternary nitrogens is 1. The van der Waals surface area contributed by atoms with E-state index in [2.05, 4.69) is 42.6 Å². The molecule has 0 aliphatic carbocycles. The number of hydrogen-bond acceptors (Lipinski definition) is 2. The van der Waals surface area contributed by atoms with E-state index < -0.39 is 0 Å². The first-order valence-corrected chi connectivity index (χ1v) is 7.77. The third kappa shape index (κ3) is 3.68. The van der Waals surface area contributed by atoms with Crippen molar-refractivity contribution in [2.45, 2.75) is 13.5 Å². The maximum absolute atomic E-state index is 6.03. The smallest absolute Gasteiger partial charge is 0.157 e. The third-order valence-corrected chi connectivity index (χ3v) is 3.77. The van der Waals surface area contributed by atoms with Crippen LogP contribution in [0.1, 0.15) is 12.7 Å². The lowest BCUT2D eigenvalue weighted by Crippen LogP contribution is -2.84. The Kier molecular flexibility index (Phi) is 4.76. The Labute approximate surface area is 130 Å². The van der Waals surface area contributed by atoms with Gasteiger partial charge in [0, 0.05) is 11.3 Å². The molecule has 0 fully saturated rings. The molecule has 0 aliphatic heterocycles. The molecule has 2 N–H and O–H groups in total. The van der Waals surface area contributed by atoms with Gasteiger partial charge in [-0.1, -0.05) is 43.3 Å². The van der Waals surface area contributed by atoms with Gasteiger partial charge in [-0.3, -0.25) is 0 Å².